The molecule has 1 spiro atoms. The molecule has 2 aliphatic carbocycles. The van der Waals surface area contributed by atoms with E-state index in [9.17, 15) is 9.90 Å². The molecule has 1 saturated carbocycles. The Hall–Kier alpha value is -4.70. The third-order valence-corrected chi connectivity index (χ3v) is 10.4. The number of rotatable bonds is 6. The maximum atomic E-state index is 14.3. The quantitative estimate of drug-likeness (QED) is 0.153. The predicted octanol–water partition coefficient (Wildman–Crippen LogP) is 9.81. The van der Waals surface area contributed by atoms with Crippen LogP contribution >= 0.6 is 0 Å². The van der Waals surface area contributed by atoms with E-state index in [0.29, 0.717) is 17.1 Å². The molecule has 1 aliphatic heterocycles. The predicted molar refractivity (Wildman–Crippen MR) is 184 cm³/mol. The van der Waals surface area contributed by atoms with Gasteiger partial charge in [0.15, 0.2) is 5.71 Å². The third kappa shape index (κ3) is 4.34. The Morgan fingerprint density at radius 1 is 0.889 bits per heavy atom. The maximum Gasteiger partial charge on any atom is 0.210 e. The van der Waals surface area contributed by atoms with Gasteiger partial charge in [0.2, 0.25) is 11.5 Å². The summed E-state index contributed by atoms with van der Waals surface area (Å²) in [6.45, 7) is 5.43. The monoisotopic (exact) mass is 591 g/mol. The molecule has 4 nitrogen and oxygen atoms in total. The number of aliphatic hydroxyl groups is 1. The second-order valence-corrected chi connectivity index (χ2v) is 13.5. The number of nitrogens with one attached hydrogen (secondary N) is 1. The van der Waals surface area contributed by atoms with Crippen molar-refractivity contribution in [3.05, 3.63) is 120 Å². The van der Waals surface area contributed by atoms with Crippen molar-refractivity contribution in [3.8, 4) is 11.3 Å². The van der Waals surface area contributed by atoms with Crippen molar-refractivity contribution in [3.63, 3.8) is 0 Å². The van der Waals surface area contributed by atoms with Gasteiger partial charge in [0.05, 0.1) is 22.3 Å². The number of aromatic nitrogens is 1. The second kappa shape index (κ2) is 10.7. The molecule has 0 radical (unpaired) electrons. The number of Topliss-reactive ketones (excluding diaryl/α,β-unsaturated/α-hetero) is 1. The molecule has 2 heterocycles. The van der Waals surface area contributed by atoms with Crippen LogP contribution in [0, 0.1) is 5.92 Å². The summed E-state index contributed by atoms with van der Waals surface area (Å²) in [5.74, 6) is 0.567. The van der Waals surface area contributed by atoms with Crippen LogP contribution in [0.3, 0.4) is 0 Å². The molecule has 4 heteroatoms. The van der Waals surface area contributed by atoms with E-state index in [1.54, 1.807) is 0 Å². The maximum absolute atomic E-state index is 14.3. The van der Waals surface area contributed by atoms with Gasteiger partial charge in [-0.2, -0.15) is 4.58 Å². The van der Waals surface area contributed by atoms with Crippen LogP contribution in [0.1, 0.15) is 63.5 Å². The molecule has 0 atom stereocenters. The van der Waals surface area contributed by atoms with Crippen LogP contribution in [0.2, 0.25) is 0 Å². The molecule has 2 N–H and O–H groups in total. The topological polar surface area (TPSA) is 56.1 Å². The van der Waals surface area contributed by atoms with E-state index >= 15 is 0 Å². The highest BCUT2D eigenvalue weighted by Gasteiger charge is 2.53. The smallest absolute Gasteiger partial charge is 0.210 e. The van der Waals surface area contributed by atoms with Crippen molar-refractivity contribution >= 4 is 44.4 Å². The van der Waals surface area contributed by atoms with Crippen molar-refractivity contribution < 1.29 is 14.5 Å². The van der Waals surface area contributed by atoms with Gasteiger partial charge in [-0.25, -0.2) is 0 Å². The molecule has 0 amide bonds. The van der Waals surface area contributed by atoms with E-state index in [0.717, 1.165) is 66.4 Å². The minimum atomic E-state index is -0.159. The summed E-state index contributed by atoms with van der Waals surface area (Å²) in [5.41, 5.74) is 8.10. The van der Waals surface area contributed by atoms with Gasteiger partial charge in [-0.15, -0.1) is 0 Å². The lowest BCUT2D eigenvalue weighted by Gasteiger charge is -2.32. The molecule has 1 fully saturated rings. The van der Waals surface area contributed by atoms with E-state index in [4.69, 9.17) is 0 Å². The molecular formula is C41H39N2O2+. The Balaban J connectivity index is 1.32. The van der Waals surface area contributed by atoms with Crippen LogP contribution in [0.5, 0.6) is 0 Å². The normalized spacial score (nSPS) is 18.6. The van der Waals surface area contributed by atoms with Crippen LogP contribution in [-0.4, -0.2) is 32.7 Å². The van der Waals surface area contributed by atoms with E-state index in [2.05, 4.69) is 65.9 Å². The van der Waals surface area contributed by atoms with Gasteiger partial charge in [0.25, 0.3) is 0 Å². The van der Waals surface area contributed by atoms with Crippen LogP contribution in [0.4, 0.5) is 5.69 Å². The Bertz CT molecular complexity index is 2080. The average Bonchev–Trinajstić information content (AvgIpc) is 3.55. The fourth-order valence-electron chi connectivity index (χ4n) is 8.03. The van der Waals surface area contributed by atoms with Gasteiger partial charge in [-0.1, -0.05) is 106 Å². The number of benzene rings is 4. The van der Waals surface area contributed by atoms with Crippen LogP contribution in [0.25, 0.3) is 38.5 Å². The van der Waals surface area contributed by atoms with Crippen molar-refractivity contribution in [2.75, 3.05) is 6.54 Å². The largest absolute Gasteiger partial charge is 0.506 e. The first-order valence-electron chi connectivity index (χ1n) is 16.5. The molecule has 8 rings (SSSR count). The lowest BCUT2D eigenvalue weighted by molar-refractivity contribution is -0.439. The molecule has 0 bridgehead atoms. The Morgan fingerprint density at radius 3 is 2.31 bits per heavy atom. The Morgan fingerprint density at radius 2 is 1.58 bits per heavy atom. The molecule has 45 heavy (non-hydrogen) atoms. The molecule has 0 unspecified atom stereocenters. The van der Waals surface area contributed by atoms with Gasteiger partial charge in [-0.3, -0.25) is 4.79 Å². The Labute approximate surface area is 264 Å². The lowest BCUT2D eigenvalue weighted by Crippen LogP contribution is -2.38. The van der Waals surface area contributed by atoms with E-state index in [1.807, 2.05) is 54.6 Å². The number of nitrogens with zero attached hydrogens (tertiary/aromatic N) is 1. The summed E-state index contributed by atoms with van der Waals surface area (Å²) >= 11 is 0. The minimum absolute atomic E-state index is 0.0854. The van der Waals surface area contributed by atoms with Crippen molar-refractivity contribution in [2.45, 2.75) is 57.8 Å². The van der Waals surface area contributed by atoms with Gasteiger partial charge in [0, 0.05) is 40.6 Å². The van der Waals surface area contributed by atoms with Gasteiger partial charge < -0.3 is 10.1 Å². The zero-order valence-electron chi connectivity index (χ0n) is 26.1. The average molecular weight is 592 g/mol. The fourth-order valence-corrected chi connectivity index (χ4v) is 8.03. The molecule has 0 saturated heterocycles. The number of H-pyrrole nitrogens is 1. The zero-order chi connectivity index (χ0) is 30.7. The first-order chi connectivity index (χ1) is 22.0. The number of para-hydroxylation sites is 1. The number of carbonyl (C=O) groups is 1. The van der Waals surface area contributed by atoms with Gasteiger partial charge >= 0.3 is 0 Å². The number of fused-ring (bicyclic) bond motifs is 4. The summed E-state index contributed by atoms with van der Waals surface area (Å²) in [4.78, 5) is 17.8. The SMILES string of the molecule is CC(C)CC[N+]1=C(/C=C2\C(=O)C(c3c(-c4ccccc4)[nH]c4ccccc34)=C2O)C2(CCCCC2)c2cc3ccccc3cc21. The number of carbonyl (C=O) groups excluding carboxylic acids is 1. The van der Waals surface area contributed by atoms with Gasteiger partial charge in [0.1, 0.15) is 12.3 Å². The minimum Gasteiger partial charge on any atom is -0.506 e. The number of aromatic amines is 1. The van der Waals surface area contributed by atoms with Crippen LogP contribution in [-0.2, 0) is 10.2 Å². The number of aliphatic hydroxyl groups excluding tert-OH is 1. The van der Waals surface area contributed by atoms with Crippen LogP contribution in [0.15, 0.2) is 108 Å². The zero-order valence-corrected chi connectivity index (χ0v) is 26.1. The molecule has 5 aromatic rings. The molecule has 224 valence electrons. The van der Waals surface area contributed by atoms with E-state index in [1.165, 1.54) is 34.2 Å². The first-order valence-corrected chi connectivity index (χ1v) is 16.5. The summed E-state index contributed by atoms with van der Waals surface area (Å²) in [7, 11) is 0. The highest BCUT2D eigenvalue weighted by atomic mass is 16.3. The first kappa shape index (κ1) is 27.8. The van der Waals surface area contributed by atoms with Crippen molar-refractivity contribution in [1.82, 2.24) is 4.98 Å². The van der Waals surface area contributed by atoms with Crippen molar-refractivity contribution in [1.29, 1.82) is 0 Å². The molecule has 1 aromatic heterocycles. The summed E-state index contributed by atoms with van der Waals surface area (Å²) in [6, 6.07) is 31.5. The number of allylic oxidation sites excluding steroid dienone is 3. The Kier molecular flexibility index (Phi) is 6.63. The standard InChI is InChI=1S/C41H38N2O2/c1-26(2)19-22-43-34-24-29-16-8-7-15-28(29)23-32(34)41(20-11-4-12-21-41)35(43)25-31-39(44)37(40(31)45)36-30-17-9-10-18-33(30)42-38(36)27-13-5-3-6-14-27/h3,5-10,13-18,23-26H,4,11-12,19-22H2,1-2H3,(H,44,45)/p+1. The summed E-state index contributed by atoms with van der Waals surface area (Å²) in [6.07, 6.45) is 8.78. The van der Waals surface area contributed by atoms with E-state index in [-0.39, 0.29) is 17.0 Å². The lowest BCUT2D eigenvalue weighted by atomic mass is 9.66. The summed E-state index contributed by atoms with van der Waals surface area (Å²) in [5, 5.41) is 15.3. The number of hydrogen-bond donors (Lipinski definition) is 2. The second-order valence-electron chi connectivity index (χ2n) is 13.5. The summed E-state index contributed by atoms with van der Waals surface area (Å²) < 4.78 is 2.49. The fraction of sp³-hybridized carbons (Fsp3) is 0.268. The highest BCUT2D eigenvalue weighted by molar-refractivity contribution is 6.42. The molecule has 4 aromatic carbocycles. The number of ketones is 1. The van der Waals surface area contributed by atoms with Crippen LogP contribution < -0.4 is 0 Å². The molecular weight excluding hydrogens is 552 g/mol. The van der Waals surface area contributed by atoms with Crippen molar-refractivity contribution in [2.24, 2.45) is 5.92 Å². The molecule has 3 aliphatic rings. The third-order valence-electron chi connectivity index (χ3n) is 10.4. The number of hydrogen-bond acceptors (Lipinski definition) is 2. The van der Waals surface area contributed by atoms with E-state index < -0.39 is 0 Å². The van der Waals surface area contributed by atoms with Gasteiger partial charge in [-0.05, 0) is 47.2 Å². The highest BCUT2D eigenvalue weighted by Crippen LogP contribution is 2.52.